The molecule has 1 spiro atoms. The summed E-state index contributed by atoms with van der Waals surface area (Å²) >= 11 is 0. The van der Waals surface area contributed by atoms with Crippen molar-refractivity contribution in [3.8, 4) is 5.75 Å². The van der Waals surface area contributed by atoms with Crippen molar-refractivity contribution in [1.82, 2.24) is 10.2 Å². The number of quaternary nitrogens is 1. The summed E-state index contributed by atoms with van der Waals surface area (Å²) in [6.07, 6.45) is 5.85. The van der Waals surface area contributed by atoms with Crippen molar-refractivity contribution >= 4 is 11.9 Å². The lowest BCUT2D eigenvalue weighted by atomic mass is 9.90. The van der Waals surface area contributed by atoms with Gasteiger partial charge >= 0.3 is 6.03 Å². The second kappa shape index (κ2) is 8.08. The zero-order valence-electron chi connectivity index (χ0n) is 15.8. The molecule has 2 fully saturated rings. The Morgan fingerprint density at radius 3 is 2.38 bits per heavy atom. The first-order chi connectivity index (χ1) is 12.5. The standard InChI is InChI=1S/C20H29N3O3/c1-3-26-17-10-8-16(9-11-17)14-22(2)15-23-18(24)20(21-19(23)25)12-6-4-5-7-13-20/h8-11H,3-7,12-15H2,1-2H3,(H,21,25)/p+1. The Hall–Kier alpha value is -2.08. The summed E-state index contributed by atoms with van der Waals surface area (Å²) in [7, 11) is 2.01. The molecule has 2 aliphatic rings. The van der Waals surface area contributed by atoms with Crippen LogP contribution in [0.2, 0.25) is 0 Å². The first-order valence-electron chi connectivity index (χ1n) is 9.71. The Kier molecular flexibility index (Phi) is 5.81. The summed E-state index contributed by atoms with van der Waals surface area (Å²) in [6, 6.07) is 7.75. The lowest BCUT2D eigenvalue weighted by Gasteiger charge is -2.25. The monoisotopic (exact) mass is 360 g/mol. The summed E-state index contributed by atoms with van der Waals surface area (Å²) in [5, 5.41) is 3.01. The van der Waals surface area contributed by atoms with Gasteiger partial charge in [0.1, 0.15) is 17.8 Å². The van der Waals surface area contributed by atoms with Gasteiger partial charge in [0.25, 0.3) is 5.91 Å². The quantitative estimate of drug-likeness (QED) is 0.759. The van der Waals surface area contributed by atoms with E-state index in [1.165, 1.54) is 4.90 Å². The van der Waals surface area contributed by atoms with Crippen molar-refractivity contribution in [3.05, 3.63) is 29.8 Å². The zero-order valence-corrected chi connectivity index (χ0v) is 15.8. The van der Waals surface area contributed by atoms with Crippen molar-refractivity contribution in [2.45, 2.75) is 57.5 Å². The average molecular weight is 360 g/mol. The first-order valence-corrected chi connectivity index (χ1v) is 9.71. The Bertz CT molecular complexity index is 636. The van der Waals surface area contributed by atoms with Gasteiger partial charge in [-0.25, -0.2) is 9.69 Å². The molecule has 1 aliphatic carbocycles. The van der Waals surface area contributed by atoms with E-state index in [1.807, 2.05) is 38.2 Å². The molecule has 0 aromatic heterocycles. The highest BCUT2D eigenvalue weighted by molar-refractivity contribution is 6.06. The van der Waals surface area contributed by atoms with Crippen LogP contribution in [0, 0.1) is 0 Å². The molecule has 0 bridgehead atoms. The Morgan fingerprint density at radius 2 is 1.77 bits per heavy atom. The van der Waals surface area contributed by atoms with Crippen LogP contribution in [-0.2, 0) is 11.3 Å². The molecule has 1 saturated heterocycles. The minimum absolute atomic E-state index is 0.0320. The molecule has 1 saturated carbocycles. The van der Waals surface area contributed by atoms with Gasteiger partial charge in [0.15, 0.2) is 6.67 Å². The molecule has 26 heavy (non-hydrogen) atoms. The van der Waals surface area contributed by atoms with Crippen LogP contribution in [-0.4, -0.2) is 42.7 Å². The molecule has 3 rings (SSSR count). The normalized spacial score (nSPS) is 20.8. The van der Waals surface area contributed by atoms with Gasteiger partial charge in [0.2, 0.25) is 0 Å². The maximum Gasteiger partial charge on any atom is 0.329 e. The van der Waals surface area contributed by atoms with Gasteiger partial charge in [0, 0.05) is 5.56 Å². The van der Waals surface area contributed by atoms with Gasteiger partial charge < -0.3 is 15.0 Å². The number of carbonyl (C=O) groups is 2. The van der Waals surface area contributed by atoms with Gasteiger partial charge in [0.05, 0.1) is 13.7 Å². The second-order valence-electron chi connectivity index (χ2n) is 7.53. The fraction of sp³-hybridized carbons (Fsp3) is 0.600. The third kappa shape index (κ3) is 4.01. The van der Waals surface area contributed by atoms with Crippen molar-refractivity contribution in [2.24, 2.45) is 0 Å². The largest absolute Gasteiger partial charge is 0.494 e. The Labute approximate surface area is 155 Å². The van der Waals surface area contributed by atoms with Gasteiger partial charge in [-0.05, 0) is 44.0 Å². The summed E-state index contributed by atoms with van der Waals surface area (Å²) in [4.78, 5) is 27.9. The number of carbonyl (C=O) groups excluding carboxylic acids is 2. The maximum atomic E-state index is 13.0. The van der Waals surface area contributed by atoms with Crippen molar-refractivity contribution in [2.75, 3.05) is 20.3 Å². The van der Waals surface area contributed by atoms with E-state index in [9.17, 15) is 9.59 Å². The number of benzene rings is 1. The van der Waals surface area contributed by atoms with Gasteiger partial charge in [-0.1, -0.05) is 25.7 Å². The molecule has 142 valence electrons. The molecule has 6 heteroatoms. The smallest absolute Gasteiger partial charge is 0.329 e. The number of nitrogens with zero attached hydrogens (tertiary/aromatic N) is 1. The predicted octanol–water partition coefficient (Wildman–Crippen LogP) is 1.70. The molecule has 1 aromatic carbocycles. The lowest BCUT2D eigenvalue weighted by Crippen LogP contribution is -3.09. The summed E-state index contributed by atoms with van der Waals surface area (Å²) < 4.78 is 5.46. The molecule has 0 radical (unpaired) electrons. The van der Waals surface area contributed by atoms with Crippen LogP contribution in [0.1, 0.15) is 51.0 Å². The van der Waals surface area contributed by atoms with E-state index in [0.717, 1.165) is 61.3 Å². The second-order valence-corrected chi connectivity index (χ2v) is 7.53. The van der Waals surface area contributed by atoms with Crippen LogP contribution in [0.4, 0.5) is 4.79 Å². The maximum absolute atomic E-state index is 13.0. The number of ether oxygens (including phenoxy) is 1. The van der Waals surface area contributed by atoms with E-state index in [-0.39, 0.29) is 11.9 Å². The van der Waals surface area contributed by atoms with Gasteiger partial charge in [-0.3, -0.25) is 4.79 Å². The minimum atomic E-state index is -0.646. The van der Waals surface area contributed by atoms with E-state index < -0.39 is 5.54 Å². The molecule has 1 aliphatic heterocycles. The fourth-order valence-corrected chi connectivity index (χ4v) is 4.04. The minimum Gasteiger partial charge on any atom is -0.494 e. The van der Waals surface area contributed by atoms with E-state index >= 15 is 0 Å². The van der Waals surface area contributed by atoms with Crippen molar-refractivity contribution < 1.29 is 19.2 Å². The summed E-state index contributed by atoms with van der Waals surface area (Å²) in [5.74, 6) is 0.828. The highest BCUT2D eigenvalue weighted by atomic mass is 16.5. The van der Waals surface area contributed by atoms with E-state index in [1.54, 1.807) is 0 Å². The van der Waals surface area contributed by atoms with E-state index in [2.05, 4.69) is 5.32 Å². The lowest BCUT2D eigenvalue weighted by molar-refractivity contribution is -0.901. The van der Waals surface area contributed by atoms with Gasteiger partial charge in [-0.15, -0.1) is 0 Å². The first kappa shape index (κ1) is 18.7. The zero-order chi connectivity index (χ0) is 18.6. The molecular weight excluding hydrogens is 330 g/mol. The highest BCUT2D eigenvalue weighted by Crippen LogP contribution is 2.32. The highest BCUT2D eigenvalue weighted by Gasteiger charge is 2.51. The molecule has 1 aromatic rings. The van der Waals surface area contributed by atoms with Crippen molar-refractivity contribution in [3.63, 3.8) is 0 Å². The summed E-state index contributed by atoms with van der Waals surface area (Å²) in [5.41, 5.74) is 0.509. The number of imide groups is 1. The van der Waals surface area contributed by atoms with Crippen LogP contribution >= 0.6 is 0 Å². The van der Waals surface area contributed by atoms with E-state index in [0.29, 0.717) is 13.3 Å². The number of nitrogens with one attached hydrogen (secondary N) is 2. The van der Waals surface area contributed by atoms with Crippen LogP contribution in [0.15, 0.2) is 24.3 Å². The van der Waals surface area contributed by atoms with E-state index in [4.69, 9.17) is 4.74 Å². The number of rotatable bonds is 6. The average Bonchev–Trinajstić information content (AvgIpc) is 2.79. The Morgan fingerprint density at radius 1 is 1.12 bits per heavy atom. The molecule has 6 nitrogen and oxygen atoms in total. The third-order valence-electron chi connectivity index (χ3n) is 5.37. The SMILES string of the molecule is CCOc1ccc(C[NH+](C)CN2C(=O)NC3(CCCCCC3)C2=O)cc1. The Balaban J connectivity index is 1.60. The number of hydrogen-bond acceptors (Lipinski definition) is 3. The summed E-state index contributed by atoms with van der Waals surface area (Å²) in [6.45, 7) is 3.75. The molecule has 2 N–H and O–H groups in total. The molecule has 1 unspecified atom stereocenters. The molecule has 3 amide bonds. The molecular formula is C20H30N3O3+. The number of hydrogen-bond donors (Lipinski definition) is 2. The molecule has 1 heterocycles. The van der Waals surface area contributed by atoms with Crippen LogP contribution in [0.5, 0.6) is 5.75 Å². The number of amides is 3. The van der Waals surface area contributed by atoms with Crippen LogP contribution < -0.4 is 15.0 Å². The van der Waals surface area contributed by atoms with Crippen LogP contribution in [0.25, 0.3) is 0 Å². The topological polar surface area (TPSA) is 63.1 Å². The fourth-order valence-electron chi connectivity index (χ4n) is 4.04. The molecule has 1 atom stereocenters. The third-order valence-corrected chi connectivity index (χ3v) is 5.37. The van der Waals surface area contributed by atoms with Crippen molar-refractivity contribution in [1.29, 1.82) is 0 Å². The number of urea groups is 1. The van der Waals surface area contributed by atoms with Gasteiger partial charge in [-0.2, -0.15) is 0 Å². The van der Waals surface area contributed by atoms with Crippen LogP contribution in [0.3, 0.4) is 0 Å². The predicted molar refractivity (Wildman–Crippen MR) is 98.9 cm³/mol.